The van der Waals surface area contributed by atoms with Crippen LogP contribution in [-0.2, 0) is 12.8 Å². The van der Waals surface area contributed by atoms with E-state index in [4.69, 9.17) is 0 Å². The van der Waals surface area contributed by atoms with Crippen LogP contribution in [0.2, 0.25) is 0 Å². The molecule has 0 bridgehead atoms. The second-order valence-corrected chi connectivity index (χ2v) is 8.24. The highest BCUT2D eigenvalue weighted by molar-refractivity contribution is 5.95. The minimum atomic E-state index is -0.927. The molecule has 1 fully saturated rings. The van der Waals surface area contributed by atoms with Crippen LogP contribution in [0.3, 0.4) is 0 Å². The molecule has 1 aliphatic rings. The van der Waals surface area contributed by atoms with Gasteiger partial charge in [-0.15, -0.1) is 0 Å². The van der Waals surface area contributed by atoms with Crippen molar-refractivity contribution in [3.63, 3.8) is 0 Å². The fourth-order valence-corrected chi connectivity index (χ4v) is 4.21. The number of benzene rings is 3. The Labute approximate surface area is 184 Å². The molecule has 3 aromatic carbocycles. The molecule has 4 heteroatoms. The molecule has 0 aliphatic carbocycles. The summed E-state index contributed by atoms with van der Waals surface area (Å²) in [5.74, 6) is -0.927. The average Bonchev–Trinajstić information content (AvgIpc) is 2.81. The predicted molar refractivity (Wildman–Crippen MR) is 128 cm³/mol. The van der Waals surface area contributed by atoms with Crippen LogP contribution in [0.1, 0.15) is 47.2 Å². The number of aryl methyl sites for hydroxylation is 2. The highest BCUT2D eigenvalue weighted by Gasteiger charge is 2.11. The number of piperidine rings is 1. The number of carboxylic acid groups (broad SMARTS) is 1. The molecule has 31 heavy (non-hydrogen) atoms. The van der Waals surface area contributed by atoms with Crippen molar-refractivity contribution in [1.29, 1.82) is 0 Å². The third-order valence-corrected chi connectivity index (χ3v) is 5.98. The lowest BCUT2D eigenvalue weighted by Crippen LogP contribution is -2.29. The number of anilines is 3. The van der Waals surface area contributed by atoms with E-state index in [1.165, 1.54) is 49.2 Å². The number of hydrogen-bond acceptors (Lipinski definition) is 3. The topological polar surface area (TPSA) is 52.6 Å². The van der Waals surface area contributed by atoms with Crippen molar-refractivity contribution in [3.8, 4) is 0 Å². The molecule has 0 unspecified atom stereocenters. The Bertz CT molecular complexity index is 991. The van der Waals surface area contributed by atoms with Gasteiger partial charge in [0.25, 0.3) is 0 Å². The summed E-state index contributed by atoms with van der Waals surface area (Å²) in [6, 6.07) is 24.3. The van der Waals surface area contributed by atoms with Crippen molar-refractivity contribution in [2.45, 2.75) is 38.5 Å². The van der Waals surface area contributed by atoms with Gasteiger partial charge in [0.05, 0.1) is 11.3 Å². The number of nitrogens with zero attached hydrogens (tertiary/aromatic N) is 1. The van der Waals surface area contributed by atoms with Gasteiger partial charge in [0, 0.05) is 24.5 Å². The standard InChI is InChI=1S/C27H30N2O2/c30-27(31)25-9-2-3-10-26(25)28-23-15-11-21(12-16-23)7-6-8-22-13-17-24(18-14-22)29-19-4-1-5-20-29/h2-3,9-18,28H,1,4-8,19-20H2,(H,30,31). The zero-order valence-corrected chi connectivity index (χ0v) is 17.9. The lowest BCUT2D eigenvalue weighted by Gasteiger charge is -2.28. The van der Waals surface area contributed by atoms with E-state index < -0.39 is 5.97 Å². The van der Waals surface area contributed by atoms with Gasteiger partial charge < -0.3 is 15.3 Å². The Morgan fingerprint density at radius 1 is 0.806 bits per heavy atom. The smallest absolute Gasteiger partial charge is 0.337 e. The largest absolute Gasteiger partial charge is 0.478 e. The molecule has 3 aromatic rings. The molecular formula is C27H30N2O2. The van der Waals surface area contributed by atoms with Crippen molar-refractivity contribution in [1.82, 2.24) is 0 Å². The number of rotatable bonds is 8. The summed E-state index contributed by atoms with van der Waals surface area (Å²) in [5.41, 5.74) is 5.82. The summed E-state index contributed by atoms with van der Waals surface area (Å²) in [5, 5.41) is 12.5. The lowest BCUT2D eigenvalue weighted by molar-refractivity contribution is 0.0698. The number of nitrogens with one attached hydrogen (secondary N) is 1. The van der Waals surface area contributed by atoms with Gasteiger partial charge in [0.1, 0.15) is 0 Å². The van der Waals surface area contributed by atoms with Gasteiger partial charge in [0.15, 0.2) is 0 Å². The molecule has 0 atom stereocenters. The van der Waals surface area contributed by atoms with E-state index in [0.29, 0.717) is 5.69 Å². The summed E-state index contributed by atoms with van der Waals surface area (Å²) >= 11 is 0. The fraction of sp³-hybridized carbons (Fsp3) is 0.296. The van der Waals surface area contributed by atoms with Crippen molar-refractivity contribution >= 4 is 23.0 Å². The van der Waals surface area contributed by atoms with Gasteiger partial charge in [-0.1, -0.05) is 36.4 Å². The van der Waals surface area contributed by atoms with Crippen LogP contribution in [-0.4, -0.2) is 24.2 Å². The molecule has 4 rings (SSSR count). The van der Waals surface area contributed by atoms with E-state index in [2.05, 4.69) is 46.6 Å². The van der Waals surface area contributed by atoms with E-state index >= 15 is 0 Å². The predicted octanol–water partition coefficient (Wildman–Crippen LogP) is 6.29. The molecule has 4 nitrogen and oxygen atoms in total. The van der Waals surface area contributed by atoms with E-state index in [1.807, 2.05) is 18.2 Å². The maximum absolute atomic E-state index is 11.4. The second kappa shape index (κ2) is 10.2. The molecule has 0 spiro atoms. The summed E-state index contributed by atoms with van der Waals surface area (Å²) in [4.78, 5) is 13.9. The number of hydrogen-bond donors (Lipinski definition) is 2. The van der Waals surface area contributed by atoms with E-state index in [1.54, 1.807) is 18.2 Å². The number of carboxylic acids is 1. The van der Waals surface area contributed by atoms with Crippen molar-refractivity contribution in [2.24, 2.45) is 0 Å². The minimum Gasteiger partial charge on any atom is -0.478 e. The first-order chi connectivity index (χ1) is 15.2. The van der Waals surface area contributed by atoms with Crippen molar-refractivity contribution in [2.75, 3.05) is 23.3 Å². The van der Waals surface area contributed by atoms with Gasteiger partial charge in [-0.2, -0.15) is 0 Å². The minimum absolute atomic E-state index is 0.276. The van der Waals surface area contributed by atoms with E-state index in [-0.39, 0.29) is 5.56 Å². The monoisotopic (exact) mass is 414 g/mol. The van der Waals surface area contributed by atoms with Gasteiger partial charge >= 0.3 is 5.97 Å². The molecule has 0 amide bonds. The first-order valence-corrected chi connectivity index (χ1v) is 11.2. The maximum Gasteiger partial charge on any atom is 0.337 e. The van der Waals surface area contributed by atoms with Gasteiger partial charge in [-0.05, 0) is 86.1 Å². The average molecular weight is 415 g/mol. The molecule has 160 valence electrons. The Hall–Kier alpha value is -3.27. The first-order valence-electron chi connectivity index (χ1n) is 11.2. The number of aromatic carboxylic acids is 1. The summed E-state index contributed by atoms with van der Waals surface area (Å²) < 4.78 is 0. The Balaban J connectivity index is 1.27. The second-order valence-electron chi connectivity index (χ2n) is 8.24. The quantitative estimate of drug-likeness (QED) is 0.454. The Kier molecular flexibility index (Phi) is 6.88. The van der Waals surface area contributed by atoms with Crippen molar-refractivity contribution < 1.29 is 9.90 Å². The summed E-state index contributed by atoms with van der Waals surface area (Å²) in [7, 11) is 0. The van der Waals surface area contributed by atoms with Crippen LogP contribution in [0.25, 0.3) is 0 Å². The van der Waals surface area contributed by atoms with Gasteiger partial charge in [0.2, 0.25) is 0 Å². The lowest BCUT2D eigenvalue weighted by atomic mass is 10.0. The van der Waals surface area contributed by atoms with Gasteiger partial charge in [-0.3, -0.25) is 0 Å². The maximum atomic E-state index is 11.4. The molecule has 1 saturated heterocycles. The Morgan fingerprint density at radius 3 is 2.06 bits per heavy atom. The van der Waals surface area contributed by atoms with Crippen LogP contribution in [0.5, 0.6) is 0 Å². The fourth-order valence-electron chi connectivity index (χ4n) is 4.21. The van der Waals surface area contributed by atoms with Crippen LogP contribution in [0, 0.1) is 0 Å². The summed E-state index contributed by atoms with van der Waals surface area (Å²) in [6.45, 7) is 2.37. The molecular weight excluding hydrogens is 384 g/mol. The van der Waals surface area contributed by atoms with Crippen LogP contribution >= 0.6 is 0 Å². The van der Waals surface area contributed by atoms with Gasteiger partial charge in [-0.25, -0.2) is 4.79 Å². The van der Waals surface area contributed by atoms with E-state index in [0.717, 1.165) is 24.9 Å². The van der Waals surface area contributed by atoms with Crippen LogP contribution < -0.4 is 10.2 Å². The van der Waals surface area contributed by atoms with E-state index in [9.17, 15) is 9.90 Å². The normalized spacial score (nSPS) is 13.7. The van der Waals surface area contributed by atoms with Crippen molar-refractivity contribution in [3.05, 3.63) is 89.5 Å². The Morgan fingerprint density at radius 2 is 1.42 bits per heavy atom. The molecule has 0 aromatic heterocycles. The molecule has 1 heterocycles. The first kappa shape index (κ1) is 21.0. The van der Waals surface area contributed by atoms with Crippen LogP contribution in [0.15, 0.2) is 72.8 Å². The summed E-state index contributed by atoms with van der Waals surface area (Å²) in [6.07, 6.45) is 7.19. The molecule has 1 aliphatic heterocycles. The SMILES string of the molecule is O=C(O)c1ccccc1Nc1ccc(CCCc2ccc(N3CCCCC3)cc2)cc1. The molecule has 0 radical (unpaired) electrons. The zero-order chi connectivity index (χ0) is 21.5. The number of para-hydroxylation sites is 1. The third-order valence-electron chi connectivity index (χ3n) is 5.98. The van der Waals surface area contributed by atoms with Crippen LogP contribution in [0.4, 0.5) is 17.1 Å². The molecule has 0 saturated carbocycles. The highest BCUT2D eigenvalue weighted by atomic mass is 16.4. The zero-order valence-electron chi connectivity index (χ0n) is 17.9. The number of carbonyl (C=O) groups is 1. The molecule has 2 N–H and O–H groups in total. The highest BCUT2D eigenvalue weighted by Crippen LogP contribution is 2.23. The third kappa shape index (κ3) is 5.66.